The Morgan fingerprint density at radius 3 is 2.80 bits per heavy atom. The number of ether oxygens (including phenoxy) is 1. The van der Waals surface area contributed by atoms with Gasteiger partial charge in [-0.15, -0.1) is 0 Å². The van der Waals surface area contributed by atoms with E-state index in [1.165, 1.54) is 0 Å². The number of hydrogen-bond acceptors (Lipinski definition) is 3. The summed E-state index contributed by atoms with van der Waals surface area (Å²) in [5, 5.41) is 2.74. The number of nitrogens with zero attached hydrogens (tertiary/aromatic N) is 2. The van der Waals surface area contributed by atoms with Crippen molar-refractivity contribution in [3.05, 3.63) is 58.9 Å². The molecule has 1 unspecified atom stereocenters. The van der Waals surface area contributed by atoms with E-state index in [0.717, 1.165) is 46.6 Å². The number of carbonyl (C=O) groups excluding carboxylic acids is 1. The zero-order valence-electron chi connectivity index (χ0n) is 14.7. The van der Waals surface area contributed by atoms with Crippen LogP contribution in [0.5, 0.6) is 5.75 Å². The third-order valence-corrected chi connectivity index (χ3v) is 5.02. The second-order valence-electron chi connectivity index (χ2n) is 6.45. The van der Waals surface area contributed by atoms with Crippen LogP contribution in [0.4, 0.5) is 0 Å². The molecule has 1 aliphatic rings. The molecule has 1 aromatic heterocycles. The Kier molecular flexibility index (Phi) is 3.71. The molecule has 0 aliphatic carbocycles. The second-order valence-corrected chi connectivity index (χ2v) is 6.45. The maximum absolute atomic E-state index is 12.4. The summed E-state index contributed by atoms with van der Waals surface area (Å²) in [5.41, 5.74) is 4.54. The lowest BCUT2D eigenvalue weighted by Crippen LogP contribution is -2.23. The molecule has 128 valence electrons. The van der Waals surface area contributed by atoms with Gasteiger partial charge >= 0.3 is 0 Å². The Labute approximate surface area is 146 Å². The van der Waals surface area contributed by atoms with Crippen molar-refractivity contribution in [2.75, 3.05) is 7.05 Å². The zero-order chi connectivity index (χ0) is 17.6. The molecule has 1 amide bonds. The summed E-state index contributed by atoms with van der Waals surface area (Å²) in [7, 11) is 3.62. The van der Waals surface area contributed by atoms with Gasteiger partial charge in [-0.05, 0) is 31.4 Å². The van der Waals surface area contributed by atoms with Crippen LogP contribution in [-0.2, 0) is 13.5 Å². The Morgan fingerprint density at radius 2 is 2.08 bits per heavy atom. The average Bonchev–Trinajstić information content (AvgIpc) is 2.95. The van der Waals surface area contributed by atoms with Gasteiger partial charge in [0, 0.05) is 25.2 Å². The lowest BCUT2D eigenvalue weighted by molar-refractivity contribution is 0.0959. The smallest absolute Gasteiger partial charge is 0.251 e. The van der Waals surface area contributed by atoms with Crippen LogP contribution in [0.3, 0.4) is 0 Å². The molecule has 0 saturated heterocycles. The quantitative estimate of drug-likeness (QED) is 0.782. The fourth-order valence-corrected chi connectivity index (χ4v) is 3.54. The van der Waals surface area contributed by atoms with Crippen LogP contribution >= 0.6 is 0 Å². The molecular weight excluding hydrogens is 314 g/mol. The number of imidazole rings is 1. The molecule has 0 spiro atoms. The van der Waals surface area contributed by atoms with Crippen molar-refractivity contribution in [3.63, 3.8) is 0 Å². The number of benzene rings is 2. The van der Waals surface area contributed by atoms with Crippen molar-refractivity contribution in [1.29, 1.82) is 0 Å². The molecule has 0 bridgehead atoms. The van der Waals surface area contributed by atoms with E-state index in [2.05, 4.69) is 22.4 Å². The highest BCUT2D eigenvalue weighted by molar-refractivity contribution is 6.01. The van der Waals surface area contributed by atoms with E-state index in [-0.39, 0.29) is 12.0 Å². The van der Waals surface area contributed by atoms with E-state index in [9.17, 15) is 4.79 Å². The number of nitrogens with one attached hydrogen (secondary N) is 1. The van der Waals surface area contributed by atoms with Crippen LogP contribution in [0.1, 0.15) is 39.8 Å². The van der Waals surface area contributed by atoms with Gasteiger partial charge in [-0.3, -0.25) is 4.79 Å². The fourth-order valence-electron chi connectivity index (χ4n) is 3.54. The fraction of sp³-hybridized carbons (Fsp3) is 0.300. The molecule has 2 aromatic carbocycles. The molecule has 1 N–H and O–H groups in total. The van der Waals surface area contributed by atoms with E-state index >= 15 is 0 Å². The van der Waals surface area contributed by atoms with Crippen LogP contribution < -0.4 is 10.1 Å². The van der Waals surface area contributed by atoms with Gasteiger partial charge in [-0.1, -0.05) is 30.3 Å². The van der Waals surface area contributed by atoms with Crippen molar-refractivity contribution in [1.82, 2.24) is 14.9 Å². The lowest BCUT2D eigenvalue weighted by atomic mass is 9.93. The van der Waals surface area contributed by atoms with Gasteiger partial charge in [-0.25, -0.2) is 4.98 Å². The van der Waals surface area contributed by atoms with Crippen molar-refractivity contribution < 1.29 is 9.53 Å². The van der Waals surface area contributed by atoms with Crippen molar-refractivity contribution in [2.24, 2.45) is 7.05 Å². The van der Waals surface area contributed by atoms with E-state index < -0.39 is 0 Å². The Morgan fingerprint density at radius 1 is 1.32 bits per heavy atom. The minimum Gasteiger partial charge on any atom is -0.483 e. The van der Waals surface area contributed by atoms with E-state index in [1.807, 2.05) is 42.8 Å². The van der Waals surface area contributed by atoms with Gasteiger partial charge in [0.1, 0.15) is 17.4 Å². The summed E-state index contributed by atoms with van der Waals surface area (Å²) < 4.78 is 8.38. The molecule has 25 heavy (non-hydrogen) atoms. The summed E-state index contributed by atoms with van der Waals surface area (Å²) in [4.78, 5) is 17.1. The first-order chi connectivity index (χ1) is 12.1. The van der Waals surface area contributed by atoms with Gasteiger partial charge in [0.15, 0.2) is 5.75 Å². The van der Waals surface area contributed by atoms with Gasteiger partial charge in [0.25, 0.3) is 5.91 Å². The van der Waals surface area contributed by atoms with Crippen LogP contribution in [0.25, 0.3) is 11.0 Å². The van der Waals surface area contributed by atoms with Crippen LogP contribution in [0.15, 0.2) is 36.4 Å². The SMILES string of the molecule is CNC(=O)c1cc2c(nc(C)n2C)c2c1CCC(c1ccccc1)O2. The Balaban J connectivity index is 1.90. The zero-order valence-corrected chi connectivity index (χ0v) is 14.7. The molecule has 1 aliphatic heterocycles. The van der Waals surface area contributed by atoms with Crippen molar-refractivity contribution in [2.45, 2.75) is 25.9 Å². The predicted molar refractivity (Wildman–Crippen MR) is 97.0 cm³/mol. The molecule has 0 radical (unpaired) electrons. The summed E-state index contributed by atoms with van der Waals surface area (Å²) in [6.07, 6.45) is 1.63. The molecule has 0 saturated carbocycles. The average molecular weight is 335 g/mol. The van der Waals surface area contributed by atoms with Gasteiger partial charge < -0.3 is 14.6 Å². The lowest BCUT2D eigenvalue weighted by Gasteiger charge is -2.28. The predicted octanol–water partition coefficient (Wildman–Crippen LogP) is 3.31. The molecule has 1 atom stereocenters. The van der Waals surface area contributed by atoms with Crippen molar-refractivity contribution >= 4 is 16.9 Å². The van der Waals surface area contributed by atoms with Crippen LogP contribution in [-0.4, -0.2) is 22.5 Å². The first-order valence-corrected chi connectivity index (χ1v) is 8.52. The second kappa shape index (κ2) is 5.92. The van der Waals surface area contributed by atoms with Gasteiger partial charge in [-0.2, -0.15) is 0 Å². The van der Waals surface area contributed by atoms with Crippen LogP contribution in [0, 0.1) is 6.92 Å². The third kappa shape index (κ3) is 2.47. The highest BCUT2D eigenvalue weighted by Crippen LogP contribution is 2.41. The summed E-state index contributed by atoms with van der Waals surface area (Å²) in [6, 6.07) is 12.1. The number of amides is 1. The molecular formula is C20H21N3O2. The number of hydrogen-bond donors (Lipinski definition) is 1. The third-order valence-electron chi connectivity index (χ3n) is 5.02. The first-order valence-electron chi connectivity index (χ1n) is 8.52. The highest BCUT2D eigenvalue weighted by atomic mass is 16.5. The first kappa shape index (κ1) is 15.7. The maximum Gasteiger partial charge on any atom is 0.251 e. The number of rotatable bonds is 2. The molecule has 4 rings (SSSR count). The summed E-state index contributed by atoms with van der Waals surface area (Å²) in [6.45, 7) is 1.96. The normalized spacial score (nSPS) is 16.4. The molecule has 2 heterocycles. The molecule has 5 nitrogen and oxygen atoms in total. The van der Waals surface area contributed by atoms with E-state index in [4.69, 9.17) is 4.74 Å². The summed E-state index contributed by atoms with van der Waals surface area (Å²) in [5.74, 6) is 1.57. The maximum atomic E-state index is 12.4. The largest absolute Gasteiger partial charge is 0.483 e. The standard InChI is InChI=1S/C20H21N3O2/c1-12-22-18-16(23(12)3)11-15(20(24)21-2)14-9-10-17(25-19(14)18)13-7-5-4-6-8-13/h4-8,11,17H,9-10H2,1-3H3,(H,21,24). The Hall–Kier alpha value is -2.82. The van der Waals surface area contributed by atoms with E-state index in [1.54, 1.807) is 7.05 Å². The minimum atomic E-state index is -0.0845. The number of carbonyl (C=O) groups is 1. The van der Waals surface area contributed by atoms with Crippen molar-refractivity contribution in [3.8, 4) is 5.75 Å². The molecule has 5 heteroatoms. The van der Waals surface area contributed by atoms with Crippen LogP contribution in [0.2, 0.25) is 0 Å². The molecule has 0 fully saturated rings. The van der Waals surface area contributed by atoms with E-state index in [0.29, 0.717) is 5.56 Å². The monoisotopic (exact) mass is 335 g/mol. The Bertz CT molecular complexity index is 960. The van der Waals surface area contributed by atoms with Gasteiger partial charge in [0.2, 0.25) is 0 Å². The number of aryl methyl sites for hydroxylation is 2. The number of aromatic nitrogens is 2. The van der Waals surface area contributed by atoms with Gasteiger partial charge in [0.05, 0.1) is 5.52 Å². The highest BCUT2D eigenvalue weighted by Gasteiger charge is 2.29. The molecule has 3 aromatic rings. The number of fused-ring (bicyclic) bond motifs is 3. The summed E-state index contributed by atoms with van der Waals surface area (Å²) >= 11 is 0. The minimum absolute atomic E-state index is 0.0147. The topological polar surface area (TPSA) is 56.2 Å².